The summed E-state index contributed by atoms with van der Waals surface area (Å²) in [5.41, 5.74) is 0. The van der Waals surface area contributed by atoms with Crippen molar-refractivity contribution in [1.82, 2.24) is 0 Å². The molecule has 4 rings (SSSR count). The van der Waals surface area contributed by atoms with Crippen LogP contribution < -0.4 is 9.47 Å². The van der Waals surface area contributed by atoms with E-state index in [1.807, 2.05) is 11.8 Å². The molecule has 0 radical (unpaired) electrons. The van der Waals surface area contributed by atoms with Crippen LogP contribution in [0.25, 0.3) is 0 Å². The van der Waals surface area contributed by atoms with Crippen LogP contribution in [-0.2, 0) is 14.2 Å². The van der Waals surface area contributed by atoms with Gasteiger partial charge in [0.15, 0.2) is 11.5 Å². The molecule has 0 N–H and O–H groups in total. The summed E-state index contributed by atoms with van der Waals surface area (Å²) >= 11 is 3.57. The highest BCUT2D eigenvalue weighted by molar-refractivity contribution is 8.04. The predicted molar refractivity (Wildman–Crippen MR) is 83.4 cm³/mol. The molecule has 1 aromatic heterocycles. The third kappa shape index (κ3) is 1.92. The van der Waals surface area contributed by atoms with E-state index >= 15 is 0 Å². The summed E-state index contributed by atoms with van der Waals surface area (Å²) in [5.74, 6) is 2.80. The molecular formula is C15H18O4S2. The van der Waals surface area contributed by atoms with Gasteiger partial charge in [0.25, 0.3) is 0 Å². The van der Waals surface area contributed by atoms with Crippen LogP contribution in [0.15, 0.2) is 10.7 Å². The number of hydrogen-bond donors (Lipinski definition) is 0. The SMILES string of the molecule is CC1=C2OCCO[C@@H]2[C@@](C)(c2sc(C)c3c2OCCO3)S1. The predicted octanol–water partition coefficient (Wildman–Crippen LogP) is 3.44. The number of thioether (sulfide) groups is 1. The Morgan fingerprint density at radius 3 is 2.52 bits per heavy atom. The van der Waals surface area contributed by atoms with Crippen molar-refractivity contribution in [3.63, 3.8) is 0 Å². The van der Waals surface area contributed by atoms with Crippen molar-refractivity contribution < 1.29 is 18.9 Å². The number of allylic oxidation sites excluding steroid dienone is 1. The van der Waals surface area contributed by atoms with Gasteiger partial charge in [-0.25, -0.2) is 0 Å². The number of hydrogen-bond acceptors (Lipinski definition) is 6. The molecule has 0 unspecified atom stereocenters. The lowest BCUT2D eigenvalue weighted by molar-refractivity contribution is -0.0545. The molecule has 2 atom stereocenters. The molecule has 1 aromatic rings. The number of fused-ring (bicyclic) bond motifs is 2. The largest absolute Gasteiger partial charge is 0.492 e. The summed E-state index contributed by atoms with van der Waals surface area (Å²) in [6.45, 7) is 8.93. The van der Waals surface area contributed by atoms with Crippen molar-refractivity contribution in [3.8, 4) is 11.5 Å². The highest BCUT2D eigenvalue weighted by Crippen LogP contribution is 2.61. The Balaban J connectivity index is 1.80. The Morgan fingerprint density at radius 1 is 1.00 bits per heavy atom. The topological polar surface area (TPSA) is 36.9 Å². The van der Waals surface area contributed by atoms with Crippen LogP contribution in [0.4, 0.5) is 0 Å². The molecule has 1 saturated heterocycles. The molecule has 4 nitrogen and oxygen atoms in total. The molecular weight excluding hydrogens is 308 g/mol. The van der Waals surface area contributed by atoms with Gasteiger partial charge in [0.2, 0.25) is 0 Å². The third-order valence-corrected chi connectivity index (χ3v) is 6.87. The maximum atomic E-state index is 6.05. The molecule has 3 aliphatic rings. The maximum Gasteiger partial charge on any atom is 0.177 e. The van der Waals surface area contributed by atoms with E-state index in [1.165, 1.54) is 14.7 Å². The van der Waals surface area contributed by atoms with Crippen LogP contribution in [0.2, 0.25) is 0 Å². The minimum absolute atomic E-state index is 0.0380. The fourth-order valence-corrected chi connectivity index (χ4v) is 5.90. The van der Waals surface area contributed by atoms with Crippen LogP contribution in [0, 0.1) is 6.92 Å². The van der Waals surface area contributed by atoms with Crippen molar-refractivity contribution >= 4 is 23.1 Å². The van der Waals surface area contributed by atoms with Gasteiger partial charge >= 0.3 is 0 Å². The van der Waals surface area contributed by atoms with Gasteiger partial charge in [-0.1, -0.05) is 0 Å². The molecule has 0 aliphatic carbocycles. The van der Waals surface area contributed by atoms with Crippen LogP contribution in [0.1, 0.15) is 23.6 Å². The van der Waals surface area contributed by atoms with E-state index in [4.69, 9.17) is 18.9 Å². The molecule has 3 aliphatic heterocycles. The van der Waals surface area contributed by atoms with Gasteiger partial charge in [0, 0.05) is 9.78 Å². The van der Waals surface area contributed by atoms with E-state index in [-0.39, 0.29) is 10.9 Å². The molecule has 0 amide bonds. The van der Waals surface area contributed by atoms with Gasteiger partial charge < -0.3 is 18.9 Å². The fraction of sp³-hybridized carbons (Fsp3) is 0.600. The third-order valence-electron chi connectivity index (χ3n) is 4.09. The van der Waals surface area contributed by atoms with Crippen molar-refractivity contribution in [1.29, 1.82) is 0 Å². The summed E-state index contributed by atoms with van der Waals surface area (Å²) in [6.07, 6.45) is -0.0380. The van der Waals surface area contributed by atoms with E-state index in [1.54, 1.807) is 11.3 Å². The Labute approximate surface area is 132 Å². The second kappa shape index (κ2) is 4.83. The van der Waals surface area contributed by atoms with E-state index < -0.39 is 0 Å². The quantitative estimate of drug-likeness (QED) is 0.790. The summed E-state index contributed by atoms with van der Waals surface area (Å²) in [4.78, 5) is 3.58. The van der Waals surface area contributed by atoms with Crippen molar-refractivity contribution in [3.05, 3.63) is 20.4 Å². The Bertz CT molecular complexity index is 621. The molecule has 0 bridgehead atoms. The van der Waals surface area contributed by atoms with E-state index in [9.17, 15) is 0 Å². The Kier molecular flexibility index (Phi) is 3.17. The highest BCUT2D eigenvalue weighted by atomic mass is 32.2. The summed E-state index contributed by atoms with van der Waals surface area (Å²) in [6, 6.07) is 0. The second-order valence-electron chi connectivity index (χ2n) is 5.57. The number of thiophene rings is 1. The molecule has 6 heteroatoms. The van der Waals surface area contributed by atoms with Crippen LogP contribution in [0.3, 0.4) is 0 Å². The molecule has 4 heterocycles. The van der Waals surface area contributed by atoms with Crippen molar-refractivity contribution in [2.75, 3.05) is 26.4 Å². The second-order valence-corrected chi connectivity index (χ2v) is 8.46. The number of ether oxygens (including phenoxy) is 4. The number of aryl methyl sites for hydroxylation is 1. The van der Waals surface area contributed by atoms with E-state index in [2.05, 4.69) is 20.8 Å². The highest BCUT2D eigenvalue weighted by Gasteiger charge is 2.52. The molecule has 0 spiro atoms. The zero-order chi connectivity index (χ0) is 14.6. The van der Waals surface area contributed by atoms with Gasteiger partial charge in [-0.05, 0) is 20.8 Å². The van der Waals surface area contributed by atoms with Gasteiger partial charge in [0.1, 0.15) is 31.7 Å². The molecule has 0 saturated carbocycles. The smallest absolute Gasteiger partial charge is 0.177 e. The van der Waals surface area contributed by atoms with Crippen LogP contribution in [0.5, 0.6) is 11.5 Å². The lowest BCUT2D eigenvalue weighted by Crippen LogP contribution is -2.38. The zero-order valence-corrected chi connectivity index (χ0v) is 14.0. The summed E-state index contributed by atoms with van der Waals surface area (Å²) in [5, 5.41) is 0. The normalized spacial score (nSPS) is 31.1. The molecule has 1 fully saturated rings. The first-order chi connectivity index (χ1) is 10.1. The fourth-order valence-electron chi connectivity index (χ4n) is 3.17. The Hall–Kier alpha value is -0.850. The first kappa shape index (κ1) is 13.8. The van der Waals surface area contributed by atoms with Crippen molar-refractivity contribution in [2.45, 2.75) is 31.6 Å². The minimum atomic E-state index is -0.205. The zero-order valence-electron chi connectivity index (χ0n) is 12.4. The minimum Gasteiger partial charge on any atom is -0.492 e. The molecule has 21 heavy (non-hydrogen) atoms. The average molecular weight is 326 g/mol. The molecule has 114 valence electrons. The lowest BCUT2D eigenvalue weighted by Gasteiger charge is -2.34. The average Bonchev–Trinajstić information content (AvgIpc) is 2.97. The van der Waals surface area contributed by atoms with E-state index in [0.717, 1.165) is 17.3 Å². The first-order valence-electron chi connectivity index (χ1n) is 7.15. The lowest BCUT2D eigenvalue weighted by atomic mass is 9.98. The van der Waals surface area contributed by atoms with Gasteiger partial charge in [0.05, 0.1) is 16.2 Å². The van der Waals surface area contributed by atoms with Crippen LogP contribution >= 0.6 is 23.1 Å². The summed E-state index contributed by atoms with van der Waals surface area (Å²) in [7, 11) is 0. The van der Waals surface area contributed by atoms with E-state index in [0.29, 0.717) is 26.4 Å². The van der Waals surface area contributed by atoms with Gasteiger partial charge in [-0.3, -0.25) is 0 Å². The maximum absolute atomic E-state index is 6.05. The Morgan fingerprint density at radius 2 is 1.71 bits per heavy atom. The molecule has 0 aromatic carbocycles. The summed E-state index contributed by atoms with van der Waals surface area (Å²) < 4.78 is 23.4. The van der Waals surface area contributed by atoms with Gasteiger partial charge in [-0.2, -0.15) is 0 Å². The standard InChI is InChI=1S/C15H18O4S2/c1-8-10-12(18-5-4-16-10)14(20-8)15(3)13-11(9(2)21-15)17-6-7-19-13/h13H,4-7H2,1-3H3/t13-,15-/m0/s1. The van der Waals surface area contributed by atoms with Crippen LogP contribution in [-0.4, -0.2) is 32.5 Å². The monoisotopic (exact) mass is 326 g/mol. The first-order valence-corrected chi connectivity index (χ1v) is 8.78. The van der Waals surface area contributed by atoms with Crippen molar-refractivity contribution in [2.24, 2.45) is 0 Å². The number of rotatable bonds is 1. The van der Waals surface area contributed by atoms with Gasteiger partial charge in [-0.15, -0.1) is 23.1 Å².